The zero-order valence-electron chi connectivity index (χ0n) is 10.0. The average molecular weight is 329 g/mol. The minimum absolute atomic E-state index is 0.143. The number of halogens is 2. The lowest BCUT2D eigenvalue weighted by Crippen LogP contribution is -2.51. The van der Waals surface area contributed by atoms with Gasteiger partial charge in [0.15, 0.2) is 0 Å². The van der Waals surface area contributed by atoms with E-state index in [9.17, 15) is 8.42 Å². The molecule has 1 rings (SSSR count). The molecular formula is C10H14Cl2N2O4S. The Morgan fingerprint density at radius 2 is 1.68 bits per heavy atom. The molecule has 6 nitrogen and oxygen atoms in total. The van der Waals surface area contributed by atoms with Gasteiger partial charge in [-0.2, -0.15) is 0 Å². The summed E-state index contributed by atoms with van der Waals surface area (Å²) in [5, 5.41) is 17.9. The number of nitrogens with one attached hydrogen (secondary N) is 1. The number of aliphatic hydroxyl groups excluding tert-OH is 2. The highest BCUT2D eigenvalue weighted by atomic mass is 35.5. The second-order valence-corrected chi connectivity index (χ2v) is 6.73. The van der Waals surface area contributed by atoms with Gasteiger partial charge in [0.25, 0.3) is 0 Å². The van der Waals surface area contributed by atoms with Crippen molar-refractivity contribution in [3.63, 3.8) is 0 Å². The third-order valence-electron chi connectivity index (χ3n) is 2.37. The van der Waals surface area contributed by atoms with Gasteiger partial charge in [0.2, 0.25) is 10.0 Å². The van der Waals surface area contributed by atoms with Gasteiger partial charge in [-0.25, -0.2) is 13.1 Å². The van der Waals surface area contributed by atoms with Gasteiger partial charge in [-0.05, 0) is 19.1 Å². The van der Waals surface area contributed by atoms with E-state index in [1.165, 1.54) is 19.1 Å². The summed E-state index contributed by atoms with van der Waals surface area (Å²) in [4.78, 5) is -0.349. The van der Waals surface area contributed by atoms with Gasteiger partial charge in [0.1, 0.15) is 4.90 Å². The van der Waals surface area contributed by atoms with E-state index in [2.05, 4.69) is 4.72 Å². The first-order chi connectivity index (χ1) is 8.65. The molecule has 0 unspecified atom stereocenters. The number of benzene rings is 1. The van der Waals surface area contributed by atoms with Gasteiger partial charge in [-0.1, -0.05) is 23.2 Å². The van der Waals surface area contributed by atoms with Crippen molar-refractivity contribution in [2.45, 2.75) is 17.4 Å². The molecule has 1 aromatic rings. The number of nitrogens with two attached hydrogens (primary N) is 1. The quantitative estimate of drug-likeness (QED) is 0.591. The fourth-order valence-corrected chi connectivity index (χ4v) is 3.95. The van der Waals surface area contributed by atoms with E-state index in [1.807, 2.05) is 0 Å². The van der Waals surface area contributed by atoms with Crippen molar-refractivity contribution in [2.75, 3.05) is 18.9 Å². The predicted molar refractivity (Wildman–Crippen MR) is 73.8 cm³/mol. The van der Waals surface area contributed by atoms with Crippen LogP contribution in [0.2, 0.25) is 10.0 Å². The summed E-state index contributed by atoms with van der Waals surface area (Å²) >= 11 is 11.7. The average Bonchev–Trinajstić information content (AvgIpc) is 2.26. The van der Waals surface area contributed by atoms with E-state index in [0.717, 1.165) is 0 Å². The van der Waals surface area contributed by atoms with E-state index >= 15 is 0 Å². The first-order valence-corrected chi connectivity index (χ1v) is 7.39. The van der Waals surface area contributed by atoms with Crippen LogP contribution in [0.5, 0.6) is 0 Å². The summed E-state index contributed by atoms with van der Waals surface area (Å²) in [7, 11) is -4.11. The molecule has 0 radical (unpaired) electrons. The van der Waals surface area contributed by atoms with E-state index < -0.39 is 28.8 Å². The van der Waals surface area contributed by atoms with Crippen molar-refractivity contribution in [3.05, 3.63) is 22.2 Å². The van der Waals surface area contributed by atoms with Gasteiger partial charge >= 0.3 is 0 Å². The maximum absolute atomic E-state index is 12.2. The van der Waals surface area contributed by atoms with Gasteiger partial charge < -0.3 is 15.9 Å². The van der Waals surface area contributed by atoms with E-state index in [4.69, 9.17) is 39.1 Å². The summed E-state index contributed by atoms with van der Waals surface area (Å²) in [6.45, 7) is 0.156. The molecule has 0 aliphatic rings. The van der Waals surface area contributed by atoms with Crippen LogP contribution < -0.4 is 10.5 Å². The zero-order chi connectivity index (χ0) is 14.8. The van der Waals surface area contributed by atoms with Crippen LogP contribution in [0.25, 0.3) is 0 Å². The molecule has 9 heteroatoms. The highest BCUT2D eigenvalue weighted by Crippen LogP contribution is 2.32. The van der Waals surface area contributed by atoms with Crippen molar-refractivity contribution in [1.82, 2.24) is 4.72 Å². The minimum atomic E-state index is -4.11. The highest BCUT2D eigenvalue weighted by Gasteiger charge is 2.32. The third kappa shape index (κ3) is 3.71. The molecule has 0 saturated carbocycles. The number of hydrogen-bond acceptors (Lipinski definition) is 5. The molecule has 0 atom stereocenters. The summed E-state index contributed by atoms with van der Waals surface area (Å²) in [6.07, 6.45) is 0. The lowest BCUT2D eigenvalue weighted by atomic mass is 10.1. The second kappa shape index (κ2) is 5.82. The maximum Gasteiger partial charge on any atom is 0.244 e. The van der Waals surface area contributed by atoms with Crippen LogP contribution in [-0.4, -0.2) is 37.4 Å². The Kier molecular flexibility index (Phi) is 5.05. The minimum Gasteiger partial charge on any atom is -0.399 e. The Balaban J connectivity index is 3.29. The van der Waals surface area contributed by atoms with Crippen LogP contribution in [0, 0.1) is 0 Å². The topological polar surface area (TPSA) is 113 Å². The van der Waals surface area contributed by atoms with Crippen molar-refractivity contribution < 1.29 is 18.6 Å². The third-order valence-corrected chi connectivity index (χ3v) is 4.93. The fourth-order valence-electron chi connectivity index (χ4n) is 1.33. The largest absolute Gasteiger partial charge is 0.399 e. The summed E-state index contributed by atoms with van der Waals surface area (Å²) < 4.78 is 26.5. The number of hydrogen-bond donors (Lipinski definition) is 4. The number of sulfonamides is 1. The monoisotopic (exact) mass is 328 g/mol. The molecule has 1 aromatic carbocycles. The predicted octanol–water partition coefficient (Wildman–Crippen LogP) is 0.597. The van der Waals surface area contributed by atoms with Crippen LogP contribution in [0.1, 0.15) is 6.92 Å². The van der Waals surface area contributed by atoms with E-state index in [0.29, 0.717) is 0 Å². The molecule has 19 heavy (non-hydrogen) atoms. The maximum atomic E-state index is 12.2. The number of nitrogen functional groups attached to an aromatic ring is 1. The molecule has 5 N–H and O–H groups in total. The molecule has 0 heterocycles. The van der Waals surface area contributed by atoms with Gasteiger partial charge in [-0.15, -0.1) is 0 Å². The first-order valence-electron chi connectivity index (χ1n) is 5.15. The van der Waals surface area contributed by atoms with Gasteiger partial charge in [-0.3, -0.25) is 0 Å². The van der Waals surface area contributed by atoms with Crippen LogP contribution in [0.15, 0.2) is 17.0 Å². The van der Waals surface area contributed by atoms with Crippen molar-refractivity contribution >= 4 is 38.9 Å². The molecule has 0 spiro atoms. The molecule has 0 aliphatic carbocycles. The molecule has 0 fully saturated rings. The Hall–Kier alpha value is -0.570. The lowest BCUT2D eigenvalue weighted by molar-refractivity contribution is 0.122. The van der Waals surface area contributed by atoms with E-state index in [1.54, 1.807) is 0 Å². The molecule has 108 valence electrons. The lowest BCUT2D eigenvalue weighted by Gasteiger charge is -2.26. The second-order valence-electron chi connectivity index (χ2n) is 4.30. The van der Waals surface area contributed by atoms with Crippen LogP contribution in [-0.2, 0) is 10.0 Å². The number of aliphatic hydroxyl groups is 2. The van der Waals surface area contributed by atoms with Crippen LogP contribution >= 0.6 is 23.2 Å². The van der Waals surface area contributed by atoms with Crippen molar-refractivity contribution in [1.29, 1.82) is 0 Å². The SMILES string of the molecule is CC(CO)(CO)NS(=O)(=O)c1c(Cl)cc(N)cc1Cl. The Bertz CT molecular complexity index is 550. The van der Waals surface area contributed by atoms with Crippen molar-refractivity contribution in [2.24, 2.45) is 0 Å². The first kappa shape index (κ1) is 16.5. The smallest absolute Gasteiger partial charge is 0.244 e. The van der Waals surface area contributed by atoms with Crippen LogP contribution in [0.3, 0.4) is 0 Å². The van der Waals surface area contributed by atoms with Crippen molar-refractivity contribution in [3.8, 4) is 0 Å². The summed E-state index contributed by atoms with van der Waals surface area (Å²) in [6, 6.07) is 2.49. The Morgan fingerprint density at radius 3 is 2.05 bits per heavy atom. The number of anilines is 1. The van der Waals surface area contributed by atoms with E-state index in [-0.39, 0.29) is 20.6 Å². The molecule has 0 aliphatic heterocycles. The Labute approximate surface area is 121 Å². The standard InChI is InChI=1S/C10H14Cl2N2O4S/c1-10(4-15,5-16)14-19(17,18)9-7(11)2-6(13)3-8(9)12/h2-3,14-16H,4-5,13H2,1H3. The molecule has 0 bridgehead atoms. The summed E-state index contributed by atoms with van der Waals surface area (Å²) in [5.41, 5.74) is 4.29. The molecule has 0 saturated heterocycles. The number of rotatable bonds is 5. The normalized spacial score (nSPS) is 12.7. The highest BCUT2D eigenvalue weighted by molar-refractivity contribution is 7.89. The summed E-state index contributed by atoms with van der Waals surface area (Å²) in [5.74, 6) is 0. The van der Waals surface area contributed by atoms with Gasteiger partial charge in [0.05, 0.1) is 28.8 Å². The van der Waals surface area contributed by atoms with Gasteiger partial charge in [0, 0.05) is 5.69 Å². The molecule has 0 aromatic heterocycles. The molecular weight excluding hydrogens is 315 g/mol. The molecule has 0 amide bonds. The van der Waals surface area contributed by atoms with Crippen LogP contribution in [0.4, 0.5) is 5.69 Å². The Morgan fingerprint density at radius 1 is 1.26 bits per heavy atom. The zero-order valence-corrected chi connectivity index (χ0v) is 12.3. The fraction of sp³-hybridized carbons (Fsp3) is 0.400.